The summed E-state index contributed by atoms with van der Waals surface area (Å²) in [5.74, 6) is 1.45. The van der Waals surface area contributed by atoms with Crippen LogP contribution in [0.15, 0.2) is 66.9 Å². The van der Waals surface area contributed by atoms with Crippen molar-refractivity contribution in [2.75, 3.05) is 32.1 Å². The van der Waals surface area contributed by atoms with E-state index in [4.69, 9.17) is 9.47 Å². The summed E-state index contributed by atoms with van der Waals surface area (Å²) in [4.78, 5) is 14.6. The fourth-order valence-electron chi connectivity index (χ4n) is 4.52. The number of fused-ring (bicyclic) bond motifs is 4. The van der Waals surface area contributed by atoms with E-state index in [-0.39, 0.29) is 18.1 Å². The number of anilines is 1. The Morgan fingerprint density at radius 2 is 1.73 bits per heavy atom. The highest BCUT2D eigenvalue weighted by molar-refractivity contribution is 5.78. The third-order valence-corrected chi connectivity index (χ3v) is 6.17. The summed E-state index contributed by atoms with van der Waals surface area (Å²) < 4.78 is 13.1. The van der Waals surface area contributed by atoms with Crippen LogP contribution in [0.1, 0.15) is 18.5 Å². The Kier molecular flexibility index (Phi) is 4.62. The molecule has 0 aliphatic carbocycles. The first-order valence-electron chi connectivity index (χ1n) is 10.3. The number of rotatable bonds is 4. The average Bonchev–Trinajstić information content (AvgIpc) is 3.30. The minimum absolute atomic E-state index is 0.0206. The van der Waals surface area contributed by atoms with Crippen molar-refractivity contribution in [2.45, 2.75) is 18.4 Å². The molecule has 2 aliphatic rings. The summed E-state index contributed by atoms with van der Waals surface area (Å²) in [6, 6.07) is 19.9. The molecule has 30 heavy (non-hydrogen) atoms. The molecule has 3 heterocycles. The first-order valence-corrected chi connectivity index (χ1v) is 10.3. The van der Waals surface area contributed by atoms with Gasteiger partial charge in [0.15, 0.2) is 6.61 Å². The number of carbonyl (C=O) groups excluding carboxylic acids is 1. The Morgan fingerprint density at radius 3 is 2.50 bits per heavy atom. The van der Waals surface area contributed by atoms with Crippen molar-refractivity contribution < 1.29 is 14.3 Å². The van der Waals surface area contributed by atoms with Crippen LogP contribution in [0.25, 0.3) is 5.69 Å². The number of methoxy groups -OCH3 is 1. The normalized spacial score (nSPS) is 16.4. The highest BCUT2D eigenvalue weighted by Gasteiger charge is 2.42. The molecule has 1 amide bonds. The van der Waals surface area contributed by atoms with Crippen molar-refractivity contribution in [2.24, 2.45) is 0 Å². The van der Waals surface area contributed by atoms with Crippen LogP contribution in [0.2, 0.25) is 0 Å². The van der Waals surface area contributed by atoms with Crippen LogP contribution in [0.3, 0.4) is 0 Å². The molecule has 0 saturated carbocycles. The molecule has 0 atom stereocenters. The molecule has 1 spiro atoms. The maximum atomic E-state index is 12.7. The number of ether oxygens (including phenoxy) is 2. The first kappa shape index (κ1) is 18.6. The predicted octanol–water partition coefficient (Wildman–Crippen LogP) is 3.81. The maximum Gasteiger partial charge on any atom is 0.260 e. The lowest BCUT2D eigenvalue weighted by Crippen LogP contribution is -2.51. The van der Waals surface area contributed by atoms with Crippen LogP contribution in [0.4, 0.5) is 5.69 Å². The highest BCUT2D eigenvalue weighted by Crippen LogP contribution is 2.43. The molecule has 1 aromatic heterocycles. The Balaban J connectivity index is 1.25. The number of nitrogens with one attached hydrogen (secondary N) is 1. The van der Waals surface area contributed by atoms with Crippen LogP contribution in [0, 0.1) is 0 Å². The van der Waals surface area contributed by atoms with Gasteiger partial charge in [0.25, 0.3) is 5.91 Å². The molecule has 154 valence electrons. The molecular weight excluding hydrogens is 378 g/mol. The average molecular weight is 403 g/mol. The summed E-state index contributed by atoms with van der Waals surface area (Å²) in [6.07, 6.45) is 3.84. The molecule has 1 N–H and O–H groups in total. The van der Waals surface area contributed by atoms with Crippen LogP contribution in [0.5, 0.6) is 11.5 Å². The summed E-state index contributed by atoms with van der Waals surface area (Å²) in [7, 11) is 1.62. The molecule has 5 rings (SSSR count). The molecule has 1 saturated heterocycles. The number of likely N-dealkylation sites (tertiary alicyclic amines) is 1. The van der Waals surface area contributed by atoms with Crippen molar-refractivity contribution in [1.82, 2.24) is 9.47 Å². The third kappa shape index (κ3) is 3.18. The highest BCUT2D eigenvalue weighted by atomic mass is 16.5. The molecule has 1 fully saturated rings. The van der Waals surface area contributed by atoms with E-state index < -0.39 is 0 Å². The van der Waals surface area contributed by atoms with E-state index in [0.717, 1.165) is 24.3 Å². The number of hydrogen-bond acceptors (Lipinski definition) is 4. The minimum Gasteiger partial charge on any atom is -0.497 e. The molecule has 0 bridgehead atoms. The minimum atomic E-state index is -0.147. The lowest BCUT2D eigenvalue weighted by atomic mass is 9.82. The van der Waals surface area contributed by atoms with Crippen molar-refractivity contribution in [3.8, 4) is 17.2 Å². The maximum absolute atomic E-state index is 12.7. The van der Waals surface area contributed by atoms with Crippen LogP contribution >= 0.6 is 0 Å². The Hall–Kier alpha value is -3.41. The molecule has 6 nitrogen and oxygen atoms in total. The molecule has 6 heteroatoms. The van der Waals surface area contributed by atoms with Gasteiger partial charge in [-0.3, -0.25) is 4.79 Å². The number of piperidine rings is 1. The zero-order valence-corrected chi connectivity index (χ0v) is 17.0. The van der Waals surface area contributed by atoms with E-state index in [0.29, 0.717) is 18.8 Å². The zero-order valence-electron chi connectivity index (χ0n) is 17.0. The van der Waals surface area contributed by atoms with Crippen LogP contribution in [-0.2, 0) is 10.3 Å². The Labute approximate surface area is 176 Å². The standard InChI is InChI=1S/C24H25N3O3/c1-29-18-8-10-19(11-9-18)30-17-23(28)26-15-12-24(13-16-26)22-7-4-14-27(22)21-6-3-2-5-20(21)25-24/h2-11,14,25H,12-13,15-17H2,1H3. The van der Waals surface area contributed by atoms with Crippen molar-refractivity contribution in [1.29, 1.82) is 0 Å². The SMILES string of the molecule is COc1ccc(OCC(=O)N2CCC3(CC2)Nc2ccccc2-n2cccc23)cc1. The van der Waals surface area contributed by atoms with Gasteiger partial charge >= 0.3 is 0 Å². The van der Waals surface area contributed by atoms with E-state index in [2.05, 4.69) is 52.5 Å². The summed E-state index contributed by atoms with van der Waals surface area (Å²) in [5.41, 5.74) is 3.44. The zero-order chi connectivity index (χ0) is 20.6. The molecule has 0 radical (unpaired) electrons. The van der Waals surface area contributed by atoms with Gasteiger partial charge in [0.2, 0.25) is 0 Å². The predicted molar refractivity (Wildman–Crippen MR) is 115 cm³/mol. The molecule has 2 aliphatic heterocycles. The Bertz CT molecular complexity index is 1050. The molecule has 3 aromatic rings. The number of nitrogens with zero attached hydrogens (tertiary/aromatic N) is 2. The third-order valence-electron chi connectivity index (χ3n) is 6.17. The lowest BCUT2D eigenvalue weighted by Gasteiger charge is -2.46. The summed E-state index contributed by atoms with van der Waals surface area (Å²) >= 11 is 0. The van der Waals surface area contributed by atoms with Gasteiger partial charge in [0.05, 0.1) is 24.0 Å². The number of para-hydroxylation sites is 2. The van der Waals surface area contributed by atoms with Crippen molar-refractivity contribution >= 4 is 11.6 Å². The van der Waals surface area contributed by atoms with Gasteiger partial charge in [-0.2, -0.15) is 0 Å². The second-order valence-corrected chi connectivity index (χ2v) is 7.83. The monoisotopic (exact) mass is 403 g/mol. The van der Waals surface area contributed by atoms with Gasteiger partial charge in [-0.05, 0) is 61.4 Å². The van der Waals surface area contributed by atoms with Crippen molar-refractivity contribution in [3.63, 3.8) is 0 Å². The second-order valence-electron chi connectivity index (χ2n) is 7.83. The molecule has 0 unspecified atom stereocenters. The van der Waals surface area contributed by atoms with Gasteiger partial charge in [-0.25, -0.2) is 0 Å². The topological polar surface area (TPSA) is 55.7 Å². The number of amides is 1. The van der Waals surface area contributed by atoms with Gasteiger partial charge in [-0.15, -0.1) is 0 Å². The molecular formula is C24H25N3O3. The summed E-state index contributed by atoms with van der Waals surface area (Å²) in [6.45, 7) is 1.45. The second kappa shape index (κ2) is 7.44. The lowest BCUT2D eigenvalue weighted by molar-refractivity contribution is -0.134. The van der Waals surface area contributed by atoms with Crippen LogP contribution in [-0.4, -0.2) is 42.2 Å². The van der Waals surface area contributed by atoms with Gasteiger partial charge < -0.3 is 24.3 Å². The fourth-order valence-corrected chi connectivity index (χ4v) is 4.52. The van der Waals surface area contributed by atoms with E-state index in [1.165, 1.54) is 11.4 Å². The fraction of sp³-hybridized carbons (Fsp3) is 0.292. The quantitative estimate of drug-likeness (QED) is 0.720. The van der Waals surface area contributed by atoms with Gasteiger partial charge in [0, 0.05) is 25.0 Å². The first-order chi connectivity index (χ1) is 14.7. The van der Waals surface area contributed by atoms with E-state index in [1.807, 2.05) is 29.2 Å². The van der Waals surface area contributed by atoms with E-state index in [1.54, 1.807) is 7.11 Å². The summed E-state index contributed by atoms with van der Waals surface area (Å²) in [5, 5.41) is 3.78. The number of hydrogen-bond donors (Lipinski definition) is 1. The van der Waals surface area contributed by atoms with E-state index >= 15 is 0 Å². The van der Waals surface area contributed by atoms with Gasteiger partial charge in [0.1, 0.15) is 11.5 Å². The number of benzene rings is 2. The number of carbonyl (C=O) groups is 1. The van der Waals surface area contributed by atoms with E-state index in [9.17, 15) is 4.79 Å². The van der Waals surface area contributed by atoms with Gasteiger partial charge in [-0.1, -0.05) is 12.1 Å². The number of aromatic nitrogens is 1. The Morgan fingerprint density at radius 1 is 1.00 bits per heavy atom. The molecule has 2 aromatic carbocycles. The van der Waals surface area contributed by atoms with Crippen molar-refractivity contribution in [3.05, 3.63) is 72.6 Å². The largest absolute Gasteiger partial charge is 0.497 e. The van der Waals surface area contributed by atoms with Crippen LogP contribution < -0.4 is 14.8 Å². The smallest absolute Gasteiger partial charge is 0.260 e.